The molecule has 0 saturated carbocycles. The fourth-order valence-electron chi connectivity index (χ4n) is 5.52. The number of para-hydroxylation sites is 3. The number of fused-ring (bicyclic) bond motifs is 6. The van der Waals surface area contributed by atoms with Gasteiger partial charge >= 0.3 is 0 Å². The summed E-state index contributed by atoms with van der Waals surface area (Å²) in [7, 11) is 0. The Balaban J connectivity index is 1.69. The van der Waals surface area contributed by atoms with Gasteiger partial charge in [0.1, 0.15) is 23.4 Å². The van der Waals surface area contributed by atoms with Crippen molar-refractivity contribution in [2.45, 2.75) is 0 Å². The van der Waals surface area contributed by atoms with Crippen molar-refractivity contribution in [1.82, 2.24) is 9.13 Å². The second kappa shape index (κ2) is 8.03. The zero-order valence-corrected chi connectivity index (χ0v) is 19.8. The Morgan fingerprint density at radius 3 is 1.71 bits per heavy atom. The van der Waals surface area contributed by atoms with Crippen molar-refractivity contribution in [1.29, 1.82) is 10.5 Å². The molecule has 0 saturated heterocycles. The van der Waals surface area contributed by atoms with E-state index in [0.29, 0.717) is 27.8 Å². The molecule has 178 valence electrons. The highest BCUT2D eigenvalue weighted by molar-refractivity contribution is 6.19. The van der Waals surface area contributed by atoms with Gasteiger partial charge < -0.3 is 9.13 Å². The molecule has 0 atom stereocenters. The normalized spacial score (nSPS) is 11.4. The average Bonchev–Trinajstić information content (AvgIpc) is 3.44. The first-order valence-corrected chi connectivity index (χ1v) is 12.0. The molecule has 0 unspecified atom stereocenters. The highest BCUT2D eigenvalue weighted by Crippen LogP contribution is 2.40. The van der Waals surface area contributed by atoms with Crippen LogP contribution in [0.25, 0.3) is 55.0 Å². The number of nitriles is 2. The molecule has 4 nitrogen and oxygen atoms in total. The molecule has 7 aromatic rings. The van der Waals surface area contributed by atoms with Gasteiger partial charge in [0.25, 0.3) is 0 Å². The summed E-state index contributed by atoms with van der Waals surface area (Å²) >= 11 is 0. The van der Waals surface area contributed by atoms with Crippen LogP contribution in [0.5, 0.6) is 0 Å². The van der Waals surface area contributed by atoms with Gasteiger partial charge in [0, 0.05) is 21.5 Å². The van der Waals surface area contributed by atoms with E-state index >= 15 is 8.78 Å². The minimum Gasteiger partial charge on any atom is -0.308 e. The third-order valence-electron chi connectivity index (χ3n) is 7.11. The van der Waals surface area contributed by atoms with E-state index in [-0.39, 0.29) is 5.69 Å². The number of hydrogen-bond acceptors (Lipinski definition) is 2. The van der Waals surface area contributed by atoms with Gasteiger partial charge in [-0.1, -0.05) is 42.5 Å². The standard InChI is InChI=1S/C32H16F2N4/c33-25-8-5-9-26(34)32(25)38-29-11-4-2-7-22(29)24-15-30-23(16-31(24)38)21-6-1-3-10-28(21)37(30)27-13-12-19(17-35)14-20(27)18-36/h1-16H. The molecular weight excluding hydrogens is 478 g/mol. The fraction of sp³-hybridized carbons (Fsp3) is 0. The Hall–Kier alpha value is -5.46. The van der Waals surface area contributed by atoms with Crippen LogP contribution in [0.3, 0.4) is 0 Å². The summed E-state index contributed by atoms with van der Waals surface area (Å²) in [4.78, 5) is 0. The minimum atomic E-state index is -0.647. The lowest BCUT2D eigenvalue weighted by Gasteiger charge is -2.11. The SMILES string of the molecule is N#Cc1ccc(-n2c3ccccc3c3cc4c(cc32)c2ccccc2n4-c2c(F)cccc2F)c(C#N)c1. The van der Waals surface area contributed by atoms with Gasteiger partial charge in [0.2, 0.25) is 0 Å². The summed E-state index contributed by atoms with van der Waals surface area (Å²) in [5, 5.41) is 22.8. The summed E-state index contributed by atoms with van der Waals surface area (Å²) in [5.41, 5.74) is 4.39. The van der Waals surface area contributed by atoms with E-state index in [1.54, 1.807) is 22.8 Å². The highest BCUT2D eigenvalue weighted by Gasteiger charge is 2.22. The quantitative estimate of drug-likeness (QED) is 0.245. The second-order valence-corrected chi connectivity index (χ2v) is 9.12. The van der Waals surface area contributed by atoms with Crippen molar-refractivity contribution in [3.8, 4) is 23.5 Å². The van der Waals surface area contributed by atoms with E-state index in [0.717, 1.165) is 32.6 Å². The predicted octanol–water partition coefficient (Wildman–Crippen LogP) is 7.90. The summed E-state index contributed by atoms with van der Waals surface area (Å²) in [5.74, 6) is -1.29. The third-order valence-corrected chi connectivity index (χ3v) is 7.11. The molecule has 5 aromatic carbocycles. The Morgan fingerprint density at radius 1 is 0.526 bits per heavy atom. The van der Waals surface area contributed by atoms with E-state index in [1.807, 2.05) is 65.2 Å². The second-order valence-electron chi connectivity index (χ2n) is 9.12. The average molecular weight is 495 g/mol. The van der Waals surface area contributed by atoms with Crippen LogP contribution in [0, 0.1) is 34.3 Å². The van der Waals surface area contributed by atoms with Crippen LogP contribution < -0.4 is 0 Å². The van der Waals surface area contributed by atoms with Crippen molar-refractivity contribution in [3.63, 3.8) is 0 Å². The van der Waals surface area contributed by atoms with E-state index in [1.165, 1.54) is 18.2 Å². The summed E-state index contributed by atoms with van der Waals surface area (Å²) in [6.45, 7) is 0. The first-order chi connectivity index (χ1) is 18.6. The van der Waals surface area contributed by atoms with Gasteiger partial charge in [-0.05, 0) is 54.6 Å². The molecule has 2 aromatic heterocycles. The number of rotatable bonds is 2. The predicted molar refractivity (Wildman–Crippen MR) is 144 cm³/mol. The maximum Gasteiger partial charge on any atom is 0.150 e. The number of nitrogens with zero attached hydrogens (tertiary/aromatic N) is 4. The highest BCUT2D eigenvalue weighted by atomic mass is 19.1. The fourth-order valence-corrected chi connectivity index (χ4v) is 5.52. The number of halogens is 2. The van der Waals surface area contributed by atoms with Crippen molar-refractivity contribution in [2.24, 2.45) is 0 Å². The molecule has 7 rings (SSSR count). The van der Waals surface area contributed by atoms with Crippen LogP contribution in [-0.4, -0.2) is 9.13 Å². The number of aromatic nitrogens is 2. The number of hydrogen-bond donors (Lipinski definition) is 0. The maximum absolute atomic E-state index is 15.1. The summed E-state index contributed by atoms with van der Waals surface area (Å²) < 4.78 is 33.8. The molecule has 0 fully saturated rings. The third kappa shape index (κ3) is 2.92. The van der Waals surface area contributed by atoms with E-state index < -0.39 is 11.6 Å². The topological polar surface area (TPSA) is 57.4 Å². The molecule has 38 heavy (non-hydrogen) atoms. The first-order valence-electron chi connectivity index (χ1n) is 12.0. The molecule has 0 amide bonds. The van der Waals surface area contributed by atoms with Crippen LogP contribution in [0.4, 0.5) is 8.78 Å². The first kappa shape index (κ1) is 21.8. The summed E-state index contributed by atoms with van der Waals surface area (Å²) in [6.07, 6.45) is 0. The van der Waals surface area contributed by atoms with Gasteiger partial charge in [-0.2, -0.15) is 10.5 Å². The van der Waals surface area contributed by atoms with Gasteiger partial charge in [0.15, 0.2) is 0 Å². The maximum atomic E-state index is 15.1. The van der Waals surface area contributed by atoms with Crippen molar-refractivity contribution < 1.29 is 8.78 Å². The lowest BCUT2D eigenvalue weighted by Crippen LogP contribution is -2.01. The van der Waals surface area contributed by atoms with Crippen LogP contribution in [0.15, 0.2) is 97.1 Å². The molecule has 6 heteroatoms. The van der Waals surface area contributed by atoms with Crippen LogP contribution in [0.2, 0.25) is 0 Å². The Kier molecular flexibility index (Phi) is 4.60. The molecule has 2 heterocycles. The van der Waals surface area contributed by atoms with Gasteiger partial charge in [0.05, 0.1) is 45.0 Å². The van der Waals surface area contributed by atoms with Crippen molar-refractivity contribution >= 4 is 43.6 Å². The largest absolute Gasteiger partial charge is 0.308 e. The minimum absolute atomic E-state index is 0.124. The van der Waals surface area contributed by atoms with Crippen molar-refractivity contribution in [3.05, 3.63) is 120 Å². The Bertz CT molecular complexity index is 2170. The van der Waals surface area contributed by atoms with Gasteiger partial charge in [-0.3, -0.25) is 0 Å². The molecule has 0 bridgehead atoms. The Morgan fingerprint density at radius 2 is 1.11 bits per heavy atom. The monoisotopic (exact) mass is 494 g/mol. The van der Waals surface area contributed by atoms with Crippen LogP contribution in [-0.2, 0) is 0 Å². The van der Waals surface area contributed by atoms with Crippen LogP contribution in [0.1, 0.15) is 11.1 Å². The van der Waals surface area contributed by atoms with E-state index in [2.05, 4.69) is 12.1 Å². The molecule has 0 aliphatic rings. The molecule has 0 radical (unpaired) electrons. The lowest BCUT2D eigenvalue weighted by atomic mass is 10.1. The van der Waals surface area contributed by atoms with E-state index in [9.17, 15) is 10.5 Å². The molecule has 0 N–H and O–H groups in total. The zero-order valence-electron chi connectivity index (χ0n) is 19.8. The van der Waals surface area contributed by atoms with Gasteiger partial charge in [-0.25, -0.2) is 8.78 Å². The molecule has 0 spiro atoms. The molecule has 0 aliphatic heterocycles. The smallest absolute Gasteiger partial charge is 0.150 e. The Labute approximate surface area is 215 Å². The lowest BCUT2D eigenvalue weighted by molar-refractivity contribution is 0.573. The van der Waals surface area contributed by atoms with Gasteiger partial charge in [-0.15, -0.1) is 0 Å². The molecule has 0 aliphatic carbocycles. The number of benzene rings is 5. The van der Waals surface area contributed by atoms with Crippen molar-refractivity contribution in [2.75, 3.05) is 0 Å². The van der Waals surface area contributed by atoms with E-state index in [4.69, 9.17) is 0 Å². The zero-order chi connectivity index (χ0) is 26.0. The molecular formula is C32H16F2N4. The van der Waals surface area contributed by atoms with Crippen LogP contribution >= 0.6 is 0 Å². The summed E-state index contributed by atoms with van der Waals surface area (Å²) in [6, 6.07) is 32.6.